The second-order valence-electron chi connectivity index (χ2n) is 7.33. The van der Waals surface area contributed by atoms with Gasteiger partial charge in [-0.05, 0) is 36.8 Å². The smallest absolute Gasteiger partial charge is 0.250 e. The minimum Gasteiger partial charge on any atom is -0.416 e. The third-order valence-electron chi connectivity index (χ3n) is 5.20. The van der Waals surface area contributed by atoms with Crippen molar-refractivity contribution < 1.29 is 9.21 Å². The number of aryl methyl sites for hydroxylation is 1. The monoisotopic (exact) mass is 408 g/mol. The lowest BCUT2D eigenvalue weighted by atomic mass is 10.2. The van der Waals surface area contributed by atoms with E-state index in [1.165, 1.54) is 0 Å². The fraction of sp³-hybridized carbons (Fsp3) is 0.0800. The zero-order chi connectivity index (χ0) is 21.2. The van der Waals surface area contributed by atoms with Crippen LogP contribution in [0.4, 0.5) is 5.69 Å². The van der Waals surface area contributed by atoms with E-state index in [0.717, 1.165) is 33.3 Å². The number of benzene rings is 3. The van der Waals surface area contributed by atoms with E-state index in [9.17, 15) is 4.79 Å². The van der Waals surface area contributed by atoms with Gasteiger partial charge in [0.25, 0.3) is 0 Å². The molecule has 0 bridgehead atoms. The molecule has 5 aromatic rings. The van der Waals surface area contributed by atoms with Crippen molar-refractivity contribution in [3.63, 3.8) is 0 Å². The minimum absolute atomic E-state index is 0.0999. The first-order valence-electron chi connectivity index (χ1n) is 10.0. The number of fused-ring (bicyclic) bond motifs is 1. The Labute approximate surface area is 179 Å². The molecule has 0 aliphatic rings. The van der Waals surface area contributed by atoms with Crippen molar-refractivity contribution in [3.8, 4) is 22.9 Å². The second-order valence-corrected chi connectivity index (χ2v) is 7.33. The fourth-order valence-corrected chi connectivity index (χ4v) is 3.64. The highest BCUT2D eigenvalue weighted by Crippen LogP contribution is 2.31. The summed E-state index contributed by atoms with van der Waals surface area (Å²) in [6.07, 6.45) is 1.89. The van der Waals surface area contributed by atoms with Gasteiger partial charge in [-0.3, -0.25) is 4.79 Å². The number of aromatic nitrogens is 3. The largest absolute Gasteiger partial charge is 0.416 e. The summed E-state index contributed by atoms with van der Waals surface area (Å²) < 4.78 is 7.86. The number of amides is 1. The van der Waals surface area contributed by atoms with Gasteiger partial charge in [0.1, 0.15) is 6.54 Å². The lowest BCUT2D eigenvalue weighted by Gasteiger charge is -2.09. The van der Waals surface area contributed by atoms with Gasteiger partial charge in [0, 0.05) is 28.4 Å². The molecule has 0 radical (unpaired) electrons. The van der Waals surface area contributed by atoms with Crippen LogP contribution in [0, 0.1) is 6.92 Å². The Morgan fingerprint density at radius 1 is 0.903 bits per heavy atom. The summed E-state index contributed by atoms with van der Waals surface area (Å²) in [4.78, 5) is 12.7. The summed E-state index contributed by atoms with van der Waals surface area (Å²) in [6, 6.07) is 25.3. The number of para-hydroxylation sites is 2. The van der Waals surface area contributed by atoms with Gasteiger partial charge in [-0.2, -0.15) is 0 Å². The van der Waals surface area contributed by atoms with Crippen molar-refractivity contribution in [2.24, 2.45) is 0 Å². The maximum absolute atomic E-state index is 12.7. The van der Waals surface area contributed by atoms with Crippen molar-refractivity contribution >= 4 is 22.5 Å². The predicted octanol–water partition coefficient (Wildman–Crippen LogP) is 5.31. The normalized spacial score (nSPS) is 11.0. The maximum Gasteiger partial charge on any atom is 0.250 e. The quantitative estimate of drug-likeness (QED) is 0.428. The molecule has 0 atom stereocenters. The van der Waals surface area contributed by atoms with Crippen LogP contribution >= 0.6 is 0 Å². The Hall–Kier alpha value is -4.19. The van der Waals surface area contributed by atoms with Crippen LogP contribution in [-0.4, -0.2) is 20.7 Å². The standard InChI is InChI=1S/C25H20N4O2/c1-17-9-5-7-13-21(17)26-23(30)16-29-15-20(19-12-6-8-14-22(19)29)25-28-27-24(31-25)18-10-3-2-4-11-18/h2-15H,16H2,1H3,(H,26,30). The Balaban J connectivity index is 1.47. The first-order valence-corrected chi connectivity index (χ1v) is 10.0. The molecule has 1 amide bonds. The molecule has 152 valence electrons. The lowest BCUT2D eigenvalue weighted by Crippen LogP contribution is -2.18. The molecule has 0 saturated carbocycles. The van der Waals surface area contributed by atoms with Crippen molar-refractivity contribution in [2.75, 3.05) is 5.32 Å². The van der Waals surface area contributed by atoms with E-state index in [1.807, 2.05) is 96.6 Å². The van der Waals surface area contributed by atoms with Gasteiger partial charge in [0.15, 0.2) is 0 Å². The fourth-order valence-electron chi connectivity index (χ4n) is 3.64. The van der Waals surface area contributed by atoms with Gasteiger partial charge in [0.05, 0.1) is 5.56 Å². The van der Waals surface area contributed by atoms with E-state index in [1.54, 1.807) is 0 Å². The highest BCUT2D eigenvalue weighted by atomic mass is 16.4. The molecule has 0 aliphatic carbocycles. The van der Waals surface area contributed by atoms with Gasteiger partial charge in [-0.15, -0.1) is 10.2 Å². The summed E-state index contributed by atoms with van der Waals surface area (Å²) in [5, 5.41) is 12.4. The number of hydrogen-bond acceptors (Lipinski definition) is 4. The zero-order valence-corrected chi connectivity index (χ0v) is 16.9. The molecule has 0 aliphatic heterocycles. The maximum atomic E-state index is 12.7. The van der Waals surface area contributed by atoms with Gasteiger partial charge in [0.2, 0.25) is 17.7 Å². The summed E-state index contributed by atoms with van der Waals surface area (Å²) in [7, 11) is 0. The van der Waals surface area contributed by atoms with E-state index < -0.39 is 0 Å². The molecule has 6 heteroatoms. The van der Waals surface area contributed by atoms with Crippen molar-refractivity contribution in [2.45, 2.75) is 13.5 Å². The first kappa shape index (κ1) is 18.8. The lowest BCUT2D eigenvalue weighted by molar-refractivity contribution is -0.116. The Kier molecular flexibility index (Phi) is 4.80. The topological polar surface area (TPSA) is 73.0 Å². The van der Waals surface area contributed by atoms with Gasteiger partial charge >= 0.3 is 0 Å². The summed E-state index contributed by atoms with van der Waals surface area (Å²) >= 11 is 0. The number of anilines is 1. The molecule has 6 nitrogen and oxygen atoms in total. The first-order chi connectivity index (χ1) is 15.2. The van der Waals surface area contributed by atoms with Crippen molar-refractivity contribution in [1.82, 2.24) is 14.8 Å². The molecule has 3 aromatic carbocycles. The van der Waals surface area contributed by atoms with Crippen LogP contribution in [0.3, 0.4) is 0 Å². The predicted molar refractivity (Wildman–Crippen MR) is 120 cm³/mol. The third-order valence-corrected chi connectivity index (χ3v) is 5.20. The molecule has 1 N–H and O–H groups in total. The van der Waals surface area contributed by atoms with Crippen LogP contribution in [0.25, 0.3) is 33.8 Å². The van der Waals surface area contributed by atoms with E-state index >= 15 is 0 Å². The highest BCUT2D eigenvalue weighted by Gasteiger charge is 2.18. The van der Waals surface area contributed by atoms with E-state index in [2.05, 4.69) is 15.5 Å². The minimum atomic E-state index is -0.0999. The molecular formula is C25H20N4O2. The number of nitrogens with zero attached hydrogens (tertiary/aromatic N) is 3. The van der Waals surface area contributed by atoms with Crippen LogP contribution in [0.2, 0.25) is 0 Å². The average molecular weight is 408 g/mol. The molecule has 2 heterocycles. The molecule has 0 unspecified atom stereocenters. The summed E-state index contributed by atoms with van der Waals surface area (Å²) in [5.41, 5.74) is 4.43. The number of hydrogen-bond donors (Lipinski definition) is 1. The van der Waals surface area contributed by atoms with Crippen LogP contribution < -0.4 is 5.32 Å². The van der Waals surface area contributed by atoms with Gasteiger partial charge in [-0.25, -0.2) is 0 Å². The highest BCUT2D eigenvalue weighted by molar-refractivity contribution is 5.97. The number of carbonyl (C=O) groups excluding carboxylic acids is 1. The zero-order valence-electron chi connectivity index (χ0n) is 16.9. The molecule has 5 rings (SSSR count). The second kappa shape index (κ2) is 7.91. The molecule has 0 saturated heterocycles. The van der Waals surface area contributed by atoms with E-state index in [0.29, 0.717) is 11.8 Å². The van der Waals surface area contributed by atoms with Crippen LogP contribution in [-0.2, 0) is 11.3 Å². The number of rotatable bonds is 5. The Morgan fingerprint density at radius 2 is 1.61 bits per heavy atom. The molecule has 0 spiro atoms. The average Bonchev–Trinajstić information content (AvgIpc) is 3.42. The molecule has 2 aromatic heterocycles. The summed E-state index contributed by atoms with van der Waals surface area (Å²) in [5.74, 6) is 0.787. The van der Waals surface area contributed by atoms with Crippen molar-refractivity contribution in [3.05, 3.63) is 90.6 Å². The van der Waals surface area contributed by atoms with E-state index in [4.69, 9.17) is 4.42 Å². The van der Waals surface area contributed by atoms with Crippen LogP contribution in [0.1, 0.15) is 5.56 Å². The molecule has 31 heavy (non-hydrogen) atoms. The molecule has 0 fully saturated rings. The van der Waals surface area contributed by atoms with Crippen molar-refractivity contribution in [1.29, 1.82) is 0 Å². The summed E-state index contributed by atoms with van der Waals surface area (Å²) in [6.45, 7) is 2.15. The number of carbonyl (C=O) groups is 1. The van der Waals surface area contributed by atoms with Gasteiger partial charge < -0.3 is 14.3 Å². The van der Waals surface area contributed by atoms with E-state index in [-0.39, 0.29) is 12.5 Å². The van der Waals surface area contributed by atoms with Crippen LogP contribution in [0.5, 0.6) is 0 Å². The SMILES string of the molecule is Cc1ccccc1NC(=O)Cn1cc(-c2nnc(-c3ccccc3)o2)c2ccccc21. The van der Waals surface area contributed by atoms with Crippen LogP contribution in [0.15, 0.2) is 89.5 Å². The Morgan fingerprint density at radius 3 is 2.45 bits per heavy atom. The number of nitrogens with one attached hydrogen (secondary N) is 1. The third kappa shape index (κ3) is 3.71. The van der Waals surface area contributed by atoms with Gasteiger partial charge in [-0.1, -0.05) is 54.6 Å². The Bertz CT molecular complexity index is 1370. The molecular weight excluding hydrogens is 388 g/mol.